The number of alkyl halides is 1. The molecule has 0 bridgehead atoms. The summed E-state index contributed by atoms with van der Waals surface area (Å²) in [5.74, 6) is 0.331. The lowest BCUT2D eigenvalue weighted by Gasteiger charge is -2.17. The van der Waals surface area contributed by atoms with Crippen molar-refractivity contribution in [3.05, 3.63) is 62.9 Å². The highest BCUT2D eigenvalue weighted by molar-refractivity contribution is 6.31. The third-order valence-corrected chi connectivity index (χ3v) is 4.36. The highest BCUT2D eigenvalue weighted by atomic mass is 35.5. The number of ether oxygens (including phenoxy) is 1. The molecule has 3 rings (SSSR count). The molecule has 132 valence electrons. The second-order valence-electron chi connectivity index (χ2n) is 5.76. The van der Waals surface area contributed by atoms with Crippen molar-refractivity contribution in [1.29, 1.82) is 0 Å². The fraction of sp³-hybridized carbons (Fsp3) is 0.278. The van der Waals surface area contributed by atoms with Crippen molar-refractivity contribution in [2.45, 2.75) is 26.4 Å². The molecule has 0 aliphatic heterocycles. The molecule has 0 aliphatic rings. The maximum absolute atomic E-state index is 13.4. The molecule has 2 aromatic carbocycles. The van der Waals surface area contributed by atoms with Crippen LogP contribution in [0.2, 0.25) is 5.02 Å². The van der Waals surface area contributed by atoms with Crippen molar-refractivity contribution in [2.75, 3.05) is 0 Å². The lowest BCUT2D eigenvalue weighted by atomic mass is 10.1. The van der Waals surface area contributed by atoms with Crippen molar-refractivity contribution in [1.82, 2.24) is 9.36 Å². The molecule has 0 saturated heterocycles. The van der Waals surface area contributed by atoms with Gasteiger partial charge in [-0.3, -0.25) is 14.2 Å². The Balaban J connectivity index is 2.18. The first-order valence-corrected chi connectivity index (χ1v) is 8.17. The topological polar surface area (TPSA) is 56.4 Å². The largest absolute Gasteiger partial charge is 0.460 e. The highest BCUT2D eigenvalue weighted by Crippen LogP contribution is 2.27. The average molecular weight is 365 g/mol. The van der Waals surface area contributed by atoms with Crippen LogP contribution in [0.25, 0.3) is 10.9 Å². The number of benzene rings is 2. The number of aliphatic hydroxyl groups is 1. The number of aliphatic hydroxyl groups excluding tert-OH is 1. The maximum Gasteiger partial charge on any atom is 0.274 e. The summed E-state index contributed by atoms with van der Waals surface area (Å²) in [4.78, 5) is 12.4. The van der Waals surface area contributed by atoms with E-state index < -0.39 is 6.36 Å². The van der Waals surface area contributed by atoms with Crippen molar-refractivity contribution in [2.24, 2.45) is 7.05 Å². The summed E-state index contributed by atoms with van der Waals surface area (Å²) in [5.41, 5.74) is 1.72. The molecule has 7 heteroatoms. The first-order chi connectivity index (χ1) is 11.9. The summed E-state index contributed by atoms with van der Waals surface area (Å²) in [6.07, 6.45) is -1.49. The van der Waals surface area contributed by atoms with Crippen LogP contribution < -0.4 is 10.3 Å². The van der Waals surface area contributed by atoms with Crippen LogP contribution >= 0.6 is 11.6 Å². The SMILES string of the molecule is CC(F)Oc1cccc(CO)c1Cn1c2cc(Cl)ccc2c(=O)n1C. The molecule has 0 fully saturated rings. The Morgan fingerprint density at radius 3 is 2.76 bits per heavy atom. The van der Waals surface area contributed by atoms with Crippen molar-refractivity contribution < 1.29 is 14.2 Å². The van der Waals surface area contributed by atoms with Gasteiger partial charge < -0.3 is 9.84 Å². The second-order valence-corrected chi connectivity index (χ2v) is 6.20. The first-order valence-electron chi connectivity index (χ1n) is 7.79. The van der Waals surface area contributed by atoms with Gasteiger partial charge in [0.25, 0.3) is 5.56 Å². The van der Waals surface area contributed by atoms with Gasteiger partial charge in [-0.1, -0.05) is 23.7 Å². The molecule has 25 heavy (non-hydrogen) atoms. The quantitative estimate of drug-likeness (QED) is 0.756. The van der Waals surface area contributed by atoms with Gasteiger partial charge in [-0.15, -0.1) is 0 Å². The van der Waals surface area contributed by atoms with Crippen molar-refractivity contribution in [3.8, 4) is 5.75 Å². The van der Waals surface area contributed by atoms with Gasteiger partial charge in [0.2, 0.25) is 6.36 Å². The predicted molar refractivity (Wildman–Crippen MR) is 94.9 cm³/mol. The van der Waals surface area contributed by atoms with Gasteiger partial charge in [-0.25, -0.2) is 4.39 Å². The van der Waals surface area contributed by atoms with E-state index in [1.807, 2.05) is 0 Å². The Kier molecular flexibility index (Phi) is 4.83. The molecule has 0 spiro atoms. The van der Waals surface area contributed by atoms with Crippen LogP contribution in [0.15, 0.2) is 41.2 Å². The minimum absolute atomic E-state index is 0.158. The molecule has 0 radical (unpaired) electrons. The van der Waals surface area contributed by atoms with Crippen LogP contribution in [0.5, 0.6) is 5.75 Å². The summed E-state index contributed by atoms with van der Waals surface area (Å²) in [7, 11) is 1.65. The number of aromatic nitrogens is 2. The maximum atomic E-state index is 13.4. The van der Waals surface area contributed by atoms with E-state index in [-0.39, 0.29) is 18.7 Å². The molecule has 1 heterocycles. The third kappa shape index (κ3) is 3.27. The number of fused-ring (bicyclic) bond motifs is 1. The third-order valence-electron chi connectivity index (χ3n) is 4.12. The fourth-order valence-corrected chi connectivity index (χ4v) is 3.08. The number of halogens is 2. The summed E-state index contributed by atoms with van der Waals surface area (Å²) in [5, 5.41) is 10.7. The normalized spacial score (nSPS) is 12.5. The van der Waals surface area contributed by atoms with Gasteiger partial charge in [-0.05, 0) is 29.8 Å². The minimum atomic E-state index is -1.49. The molecular formula is C18H18ClFN2O3. The molecule has 1 aromatic heterocycles. The number of nitrogens with zero attached hydrogens (tertiary/aromatic N) is 2. The molecule has 1 N–H and O–H groups in total. The predicted octanol–water partition coefficient (Wildman–Crippen LogP) is 3.23. The molecule has 3 aromatic rings. The summed E-state index contributed by atoms with van der Waals surface area (Å²) in [6, 6.07) is 10.1. The Bertz CT molecular complexity index is 978. The Morgan fingerprint density at radius 2 is 2.08 bits per heavy atom. The fourth-order valence-electron chi connectivity index (χ4n) is 2.91. The van der Waals surface area contributed by atoms with E-state index in [0.29, 0.717) is 32.8 Å². The van der Waals surface area contributed by atoms with Crippen LogP contribution in [-0.4, -0.2) is 20.8 Å². The number of hydrogen-bond acceptors (Lipinski definition) is 3. The van der Waals surface area contributed by atoms with E-state index in [1.54, 1.807) is 48.1 Å². The van der Waals surface area contributed by atoms with E-state index >= 15 is 0 Å². The zero-order valence-corrected chi connectivity index (χ0v) is 14.6. The van der Waals surface area contributed by atoms with Gasteiger partial charge in [0.05, 0.1) is 24.1 Å². The van der Waals surface area contributed by atoms with Gasteiger partial charge in [0.1, 0.15) is 5.75 Å². The average Bonchev–Trinajstić information content (AvgIpc) is 2.80. The van der Waals surface area contributed by atoms with Crippen LogP contribution in [-0.2, 0) is 20.2 Å². The van der Waals surface area contributed by atoms with Crippen LogP contribution in [0.1, 0.15) is 18.1 Å². The second kappa shape index (κ2) is 6.90. The summed E-state index contributed by atoms with van der Waals surface area (Å²) in [6.45, 7) is 1.30. The zero-order chi connectivity index (χ0) is 18.1. The lowest BCUT2D eigenvalue weighted by molar-refractivity contribution is 0.0844. The van der Waals surface area contributed by atoms with Gasteiger partial charge >= 0.3 is 0 Å². The molecule has 0 aliphatic carbocycles. The lowest BCUT2D eigenvalue weighted by Crippen LogP contribution is -2.20. The van der Waals surface area contributed by atoms with E-state index in [9.17, 15) is 14.3 Å². The monoisotopic (exact) mass is 364 g/mol. The van der Waals surface area contributed by atoms with Crippen molar-refractivity contribution in [3.63, 3.8) is 0 Å². The van der Waals surface area contributed by atoms with E-state index in [1.165, 1.54) is 11.6 Å². The first kappa shape index (κ1) is 17.5. The van der Waals surface area contributed by atoms with Gasteiger partial charge in [0.15, 0.2) is 0 Å². The van der Waals surface area contributed by atoms with E-state index in [0.717, 1.165) is 0 Å². The number of hydrogen-bond donors (Lipinski definition) is 1. The molecule has 0 saturated carbocycles. The molecule has 5 nitrogen and oxygen atoms in total. The Labute approximate surface area is 148 Å². The Hall–Kier alpha value is -2.31. The standard InChI is InChI=1S/C18H18ClFN2O3/c1-11(20)25-17-5-3-4-12(10-23)15(17)9-22-16-8-13(19)6-7-14(16)18(24)21(22)2/h3-8,11,23H,9-10H2,1-2H3. The Morgan fingerprint density at radius 1 is 1.32 bits per heavy atom. The molecule has 1 unspecified atom stereocenters. The van der Waals surface area contributed by atoms with E-state index in [2.05, 4.69) is 0 Å². The minimum Gasteiger partial charge on any atom is -0.460 e. The van der Waals surface area contributed by atoms with Crippen LogP contribution in [0.4, 0.5) is 4.39 Å². The highest BCUT2D eigenvalue weighted by Gasteiger charge is 2.17. The van der Waals surface area contributed by atoms with Crippen molar-refractivity contribution >= 4 is 22.5 Å². The number of rotatable bonds is 5. The molecule has 1 atom stereocenters. The van der Waals surface area contributed by atoms with Gasteiger partial charge in [-0.2, -0.15) is 0 Å². The smallest absolute Gasteiger partial charge is 0.274 e. The molecule has 0 amide bonds. The van der Waals surface area contributed by atoms with Gasteiger partial charge in [0, 0.05) is 24.6 Å². The zero-order valence-electron chi connectivity index (χ0n) is 13.9. The van der Waals surface area contributed by atoms with E-state index in [4.69, 9.17) is 16.3 Å². The van der Waals surface area contributed by atoms with Crippen LogP contribution in [0.3, 0.4) is 0 Å². The summed E-state index contributed by atoms with van der Waals surface area (Å²) >= 11 is 6.07. The van der Waals surface area contributed by atoms with Crippen LogP contribution in [0, 0.1) is 0 Å². The summed E-state index contributed by atoms with van der Waals surface area (Å²) < 4.78 is 21.8. The molecular weight excluding hydrogens is 347 g/mol.